The van der Waals surface area contributed by atoms with Crippen molar-refractivity contribution in [1.82, 2.24) is 9.97 Å². The van der Waals surface area contributed by atoms with Gasteiger partial charge in [-0.3, -0.25) is 0 Å². The Kier molecular flexibility index (Phi) is 3.33. The number of alkyl halides is 1. The number of anilines is 1. The molecule has 1 N–H and O–H groups in total. The van der Waals surface area contributed by atoms with E-state index in [0.717, 1.165) is 23.7 Å². The van der Waals surface area contributed by atoms with Crippen LogP contribution in [-0.4, -0.2) is 21.4 Å². The van der Waals surface area contributed by atoms with Crippen LogP contribution in [0, 0.1) is 0 Å². The second-order valence-corrected chi connectivity index (χ2v) is 5.36. The van der Waals surface area contributed by atoms with Crippen LogP contribution in [0.2, 0.25) is 0 Å². The van der Waals surface area contributed by atoms with E-state index < -0.39 is 0 Å². The van der Waals surface area contributed by atoms with E-state index in [9.17, 15) is 0 Å². The Morgan fingerprint density at radius 2 is 2.00 bits per heavy atom. The zero-order valence-electron chi connectivity index (χ0n) is 10.1. The molecule has 0 spiro atoms. The van der Waals surface area contributed by atoms with E-state index in [-0.39, 0.29) is 5.38 Å². The Bertz CT molecular complexity index is 543. The van der Waals surface area contributed by atoms with Crippen LogP contribution in [0.25, 0.3) is 10.9 Å². The van der Waals surface area contributed by atoms with Crippen LogP contribution in [0.3, 0.4) is 0 Å². The minimum atomic E-state index is 0.189. The van der Waals surface area contributed by atoms with Crippen molar-refractivity contribution in [3.8, 4) is 0 Å². The number of fused-ring (bicyclic) bond motifs is 1. The molecular weight excluding hydrogens is 246 g/mol. The molecule has 0 aliphatic heterocycles. The van der Waals surface area contributed by atoms with Gasteiger partial charge in [-0.1, -0.05) is 31.0 Å². The van der Waals surface area contributed by atoms with Gasteiger partial charge in [-0.2, -0.15) is 0 Å². The molecule has 2 atom stereocenters. The predicted molar refractivity (Wildman–Crippen MR) is 75.1 cm³/mol. The molecule has 0 amide bonds. The minimum absolute atomic E-state index is 0.189. The molecule has 0 bridgehead atoms. The summed E-state index contributed by atoms with van der Waals surface area (Å²) in [6.07, 6.45) is 6.49. The summed E-state index contributed by atoms with van der Waals surface area (Å²) in [5, 5.41) is 4.62. The second-order valence-electron chi connectivity index (χ2n) is 4.80. The van der Waals surface area contributed by atoms with E-state index in [0.29, 0.717) is 12.0 Å². The molecule has 1 aliphatic rings. The third-order valence-electron chi connectivity index (χ3n) is 3.49. The summed E-state index contributed by atoms with van der Waals surface area (Å²) < 4.78 is 0. The Morgan fingerprint density at radius 1 is 1.17 bits per heavy atom. The molecule has 1 aromatic heterocycles. The van der Waals surface area contributed by atoms with Crippen molar-refractivity contribution in [3.05, 3.63) is 30.5 Å². The molecule has 1 aromatic carbocycles. The maximum atomic E-state index is 6.33. The number of para-hydroxylation sites is 1. The average Bonchev–Trinajstić information content (AvgIpc) is 2.41. The molecule has 1 fully saturated rings. The monoisotopic (exact) mass is 261 g/mol. The fraction of sp³-hybridized carbons (Fsp3) is 0.429. The van der Waals surface area contributed by atoms with Crippen molar-refractivity contribution in [3.63, 3.8) is 0 Å². The van der Waals surface area contributed by atoms with Crippen molar-refractivity contribution in [2.45, 2.75) is 37.1 Å². The van der Waals surface area contributed by atoms with Gasteiger partial charge >= 0.3 is 0 Å². The van der Waals surface area contributed by atoms with E-state index in [1.165, 1.54) is 12.8 Å². The fourth-order valence-electron chi connectivity index (χ4n) is 2.46. The lowest BCUT2D eigenvalue weighted by atomic mass is 9.95. The lowest BCUT2D eigenvalue weighted by molar-refractivity contribution is 0.468. The van der Waals surface area contributed by atoms with Gasteiger partial charge in [0.25, 0.3) is 0 Å². The normalized spacial score (nSPS) is 24.1. The third-order valence-corrected chi connectivity index (χ3v) is 4.01. The maximum absolute atomic E-state index is 6.33. The molecule has 0 saturated heterocycles. The lowest BCUT2D eigenvalue weighted by Gasteiger charge is -2.27. The van der Waals surface area contributed by atoms with Crippen molar-refractivity contribution in [1.29, 1.82) is 0 Å². The summed E-state index contributed by atoms with van der Waals surface area (Å²) in [6.45, 7) is 0. The Morgan fingerprint density at radius 3 is 2.89 bits per heavy atom. The first-order chi connectivity index (χ1) is 8.83. The number of benzene rings is 1. The standard InChI is InChI=1S/C14H16ClN3/c15-11-6-2-4-8-13(11)18-14-16-9-10-5-1-3-7-12(10)17-14/h1,3,5,7,9,11,13H,2,4,6,8H2,(H,16,17,18). The van der Waals surface area contributed by atoms with E-state index in [1.54, 1.807) is 0 Å². The summed E-state index contributed by atoms with van der Waals surface area (Å²) in [4.78, 5) is 8.88. The zero-order chi connectivity index (χ0) is 12.4. The summed E-state index contributed by atoms with van der Waals surface area (Å²) >= 11 is 6.33. The summed E-state index contributed by atoms with van der Waals surface area (Å²) in [5.74, 6) is 0.686. The largest absolute Gasteiger partial charge is 0.350 e. The lowest BCUT2D eigenvalue weighted by Crippen LogP contribution is -2.33. The Hall–Kier alpha value is -1.35. The molecule has 18 heavy (non-hydrogen) atoms. The fourth-order valence-corrected chi connectivity index (χ4v) is 2.80. The van der Waals surface area contributed by atoms with Crippen molar-refractivity contribution in [2.75, 3.05) is 5.32 Å². The second kappa shape index (κ2) is 5.11. The smallest absolute Gasteiger partial charge is 0.223 e. The van der Waals surface area contributed by atoms with Crippen molar-refractivity contribution in [2.24, 2.45) is 0 Å². The average molecular weight is 262 g/mol. The van der Waals surface area contributed by atoms with Gasteiger partial charge < -0.3 is 5.32 Å². The predicted octanol–water partition coefficient (Wildman–Crippen LogP) is 3.59. The van der Waals surface area contributed by atoms with Crippen LogP contribution >= 0.6 is 11.6 Å². The van der Waals surface area contributed by atoms with Gasteiger partial charge in [0.1, 0.15) is 0 Å². The third kappa shape index (κ3) is 2.41. The molecule has 3 rings (SSSR count). The number of hydrogen-bond acceptors (Lipinski definition) is 3. The van der Waals surface area contributed by atoms with Gasteiger partial charge in [0.15, 0.2) is 0 Å². The van der Waals surface area contributed by atoms with Gasteiger partial charge in [0.05, 0.1) is 10.9 Å². The van der Waals surface area contributed by atoms with E-state index >= 15 is 0 Å². The molecule has 2 aromatic rings. The van der Waals surface area contributed by atoms with Crippen LogP contribution in [-0.2, 0) is 0 Å². The van der Waals surface area contributed by atoms with Gasteiger partial charge in [0, 0.05) is 17.6 Å². The molecular formula is C14H16ClN3. The SMILES string of the molecule is ClC1CCCCC1Nc1ncc2ccccc2n1. The van der Waals surface area contributed by atoms with Crippen LogP contribution in [0.1, 0.15) is 25.7 Å². The first-order valence-electron chi connectivity index (χ1n) is 6.45. The van der Waals surface area contributed by atoms with E-state index in [1.807, 2.05) is 30.5 Å². The number of nitrogens with zero attached hydrogens (tertiary/aromatic N) is 2. The van der Waals surface area contributed by atoms with Gasteiger partial charge in [-0.25, -0.2) is 9.97 Å². The first kappa shape index (κ1) is 11.7. The van der Waals surface area contributed by atoms with Gasteiger partial charge in [-0.05, 0) is 18.9 Å². The van der Waals surface area contributed by atoms with Gasteiger partial charge in [-0.15, -0.1) is 11.6 Å². The molecule has 1 aliphatic carbocycles. The highest BCUT2D eigenvalue weighted by Crippen LogP contribution is 2.25. The summed E-state index contributed by atoms with van der Waals surface area (Å²) in [5.41, 5.74) is 0.969. The van der Waals surface area contributed by atoms with Crippen LogP contribution in [0.5, 0.6) is 0 Å². The van der Waals surface area contributed by atoms with Crippen LogP contribution < -0.4 is 5.32 Å². The van der Waals surface area contributed by atoms with Crippen molar-refractivity contribution >= 4 is 28.5 Å². The van der Waals surface area contributed by atoms with Crippen molar-refractivity contribution < 1.29 is 0 Å². The number of rotatable bonds is 2. The molecule has 3 nitrogen and oxygen atoms in total. The number of hydrogen-bond donors (Lipinski definition) is 1. The number of aromatic nitrogens is 2. The number of halogens is 1. The first-order valence-corrected chi connectivity index (χ1v) is 6.89. The highest BCUT2D eigenvalue weighted by Gasteiger charge is 2.23. The maximum Gasteiger partial charge on any atom is 0.223 e. The summed E-state index contributed by atoms with van der Waals surface area (Å²) in [6, 6.07) is 8.30. The molecule has 0 radical (unpaired) electrons. The highest BCUT2D eigenvalue weighted by atomic mass is 35.5. The molecule has 1 saturated carbocycles. The van der Waals surface area contributed by atoms with E-state index in [2.05, 4.69) is 15.3 Å². The topological polar surface area (TPSA) is 37.8 Å². The Labute approximate surface area is 112 Å². The summed E-state index contributed by atoms with van der Waals surface area (Å²) in [7, 11) is 0. The molecule has 1 heterocycles. The molecule has 2 unspecified atom stereocenters. The zero-order valence-corrected chi connectivity index (χ0v) is 10.9. The van der Waals surface area contributed by atoms with Crippen LogP contribution in [0.15, 0.2) is 30.5 Å². The Balaban J connectivity index is 1.81. The van der Waals surface area contributed by atoms with Gasteiger partial charge in [0.2, 0.25) is 5.95 Å². The minimum Gasteiger partial charge on any atom is -0.350 e. The highest BCUT2D eigenvalue weighted by molar-refractivity contribution is 6.21. The molecule has 4 heteroatoms. The number of nitrogens with one attached hydrogen (secondary N) is 1. The quantitative estimate of drug-likeness (QED) is 0.840. The molecule has 94 valence electrons. The van der Waals surface area contributed by atoms with Crippen LogP contribution in [0.4, 0.5) is 5.95 Å². The van der Waals surface area contributed by atoms with E-state index in [4.69, 9.17) is 11.6 Å².